The Morgan fingerprint density at radius 3 is 2.90 bits per heavy atom. The first-order valence-electron chi connectivity index (χ1n) is 7.10. The standard InChI is InChI=1S/C16H21Cl2NO/c1-11-4-3-7-16(9-11,10-17)19-15(20)14-8-13(18)6-5-12(14)2/h5-6,8,11H,3-4,7,9-10H2,1-2H3,(H,19,20). The summed E-state index contributed by atoms with van der Waals surface area (Å²) in [5.41, 5.74) is 1.30. The average molecular weight is 314 g/mol. The number of aryl methyl sites for hydroxylation is 1. The number of nitrogens with one attached hydrogen (secondary N) is 1. The van der Waals surface area contributed by atoms with Crippen molar-refractivity contribution in [1.82, 2.24) is 5.32 Å². The first kappa shape index (κ1) is 15.7. The van der Waals surface area contributed by atoms with Crippen LogP contribution in [-0.4, -0.2) is 17.3 Å². The highest BCUT2D eigenvalue weighted by Crippen LogP contribution is 2.33. The topological polar surface area (TPSA) is 29.1 Å². The van der Waals surface area contributed by atoms with Crippen LogP contribution in [0.1, 0.15) is 48.5 Å². The van der Waals surface area contributed by atoms with Gasteiger partial charge in [-0.2, -0.15) is 0 Å². The van der Waals surface area contributed by atoms with Crippen LogP contribution in [-0.2, 0) is 0 Å². The Labute approximate surface area is 130 Å². The molecular formula is C16H21Cl2NO. The number of alkyl halides is 1. The minimum Gasteiger partial charge on any atom is -0.345 e. The molecule has 0 bridgehead atoms. The number of halogens is 2. The lowest BCUT2D eigenvalue weighted by Gasteiger charge is -2.39. The van der Waals surface area contributed by atoms with Gasteiger partial charge >= 0.3 is 0 Å². The van der Waals surface area contributed by atoms with Crippen molar-refractivity contribution in [3.05, 3.63) is 34.3 Å². The number of rotatable bonds is 3. The van der Waals surface area contributed by atoms with Gasteiger partial charge in [-0.15, -0.1) is 11.6 Å². The molecule has 110 valence electrons. The first-order chi connectivity index (χ1) is 9.46. The summed E-state index contributed by atoms with van der Waals surface area (Å²) in [7, 11) is 0. The van der Waals surface area contributed by atoms with Crippen molar-refractivity contribution in [2.45, 2.75) is 45.1 Å². The van der Waals surface area contributed by atoms with Crippen molar-refractivity contribution in [1.29, 1.82) is 0 Å². The van der Waals surface area contributed by atoms with Crippen LogP contribution in [0.5, 0.6) is 0 Å². The molecule has 20 heavy (non-hydrogen) atoms. The zero-order valence-electron chi connectivity index (χ0n) is 12.0. The van der Waals surface area contributed by atoms with E-state index in [9.17, 15) is 4.79 Å². The maximum Gasteiger partial charge on any atom is 0.252 e. The zero-order chi connectivity index (χ0) is 14.8. The van der Waals surface area contributed by atoms with Crippen molar-refractivity contribution >= 4 is 29.1 Å². The molecule has 1 aliphatic rings. The fourth-order valence-corrected chi connectivity index (χ4v) is 3.56. The molecule has 2 unspecified atom stereocenters. The van der Waals surface area contributed by atoms with Crippen LogP contribution in [0.25, 0.3) is 0 Å². The molecule has 1 aromatic carbocycles. The highest BCUT2D eigenvalue weighted by molar-refractivity contribution is 6.31. The molecule has 1 aromatic rings. The van der Waals surface area contributed by atoms with Gasteiger partial charge in [0.2, 0.25) is 0 Å². The Hall–Kier alpha value is -0.730. The Bertz CT molecular complexity index is 503. The van der Waals surface area contributed by atoms with E-state index in [1.807, 2.05) is 13.0 Å². The van der Waals surface area contributed by atoms with Crippen LogP contribution in [0, 0.1) is 12.8 Å². The van der Waals surface area contributed by atoms with Gasteiger partial charge in [0, 0.05) is 16.5 Å². The molecule has 1 aliphatic carbocycles. The van der Waals surface area contributed by atoms with Gasteiger partial charge in [0.05, 0.1) is 5.54 Å². The van der Waals surface area contributed by atoms with Crippen LogP contribution < -0.4 is 5.32 Å². The minimum atomic E-state index is -0.273. The summed E-state index contributed by atoms with van der Waals surface area (Å²) in [5.74, 6) is 0.992. The van der Waals surface area contributed by atoms with E-state index in [2.05, 4.69) is 12.2 Å². The fraction of sp³-hybridized carbons (Fsp3) is 0.562. The highest BCUT2D eigenvalue weighted by atomic mass is 35.5. The molecule has 0 aromatic heterocycles. The molecule has 0 saturated heterocycles. The van der Waals surface area contributed by atoms with Crippen molar-refractivity contribution in [3.8, 4) is 0 Å². The quantitative estimate of drug-likeness (QED) is 0.814. The highest BCUT2D eigenvalue weighted by Gasteiger charge is 2.36. The zero-order valence-corrected chi connectivity index (χ0v) is 13.5. The van der Waals surface area contributed by atoms with Gasteiger partial charge in [-0.25, -0.2) is 0 Å². The monoisotopic (exact) mass is 313 g/mol. The third-order valence-corrected chi connectivity index (χ3v) is 4.92. The lowest BCUT2D eigenvalue weighted by atomic mass is 9.77. The second-order valence-electron chi connectivity index (χ2n) is 6.03. The number of hydrogen-bond acceptors (Lipinski definition) is 1. The third-order valence-electron chi connectivity index (χ3n) is 4.17. The van der Waals surface area contributed by atoms with Gasteiger partial charge < -0.3 is 5.32 Å². The van der Waals surface area contributed by atoms with E-state index in [-0.39, 0.29) is 11.4 Å². The van der Waals surface area contributed by atoms with Crippen molar-refractivity contribution in [2.24, 2.45) is 5.92 Å². The average Bonchev–Trinajstić information content (AvgIpc) is 2.41. The summed E-state index contributed by atoms with van der Waals surface area (Å²) in [6.45, 7) is 4.14. The molecule has 0 spiro atoms. The summed E-state index contributed by atoms with van der Waals surface area (Å²) in [5, 5.41) is 3.75. The lowest BCUT2D eigenvalue weighted by Crippen LogP contribution is -2.52. The molecule has 2 atom stereocenters. The normalized spacial score (nSPS) is 26.3. The number of carbonyl (C=O) groups excluding carboxylic acids is 1. The van der Waals surface area contributed by atoms with Crippen LogP contribution in [0.15, 0.2) is 18.2 Å². The van der Waals surface area contributed by atoms with Crippen LogP contribution in [0.3, 0.4) is 0 Å². The van der Waals surface area contributed by atoms with E-state index < -0.39 is 0 Å². The van der Waals surface area contributed by atoms with E-state index in [0.29, 0.717) is 22.4 Å². The molecule has 1 saturated carbocycles. The smallest absolute Gasteiger partial charge is 0.252 e. The van der Waals surface area contributed by atoms with Gasteiger partial charge in [-0.05, 0) is 43.4 Å². The van der Waals surface area contributed by atoms with Crippen LogP contribution in [0.4, 0.5) is 0 Å². The van der Waals surface area contributed by atoms with E-state index >= 15 is 0 Å². The predicted molar refractivity (Wildman–Crippen MR) is 84.7 cm³/mol. The molecule has 2 nitrogen and oxygen atoms in total. The summed E-state index contributed by atoms with van der Waals surface area (Å²) in [6.07, 6.45) is 4.22. The van der Waals surface area contributed by atoms with Crippen LogP contribution >= 0.6 is 23.2 Å². The SMILES string of the molecule is Cc1ccc(Cl)cc1C(=O)NC1(CCl)CCCC(C)C1. The van der Waals surface area contributed by atoms with E-state index in [4.69, 9.17) is 23.2 Å². The second-order valence-corrected chi connectivity index (χ2v) is 6.73. The van der Waals surface area contributed by atoms with E-state index in [1.165, 1.54) is 6.42 Å². The number of amides is 1. The second kappa shape index (κ2) is 6.36. The summed E-state index contributed by atoms with van der Waals surface area (Å²) in [6, 6.07) is 5.39. The molecule has 1 amide bonds. The summed E-state index contributed by atoms with van der Waals surface area (Å²) < 4.78 is 0. The minimum absolute atomic E-state index is 0.0697. The van der Waals surface area contributed by atoms with Gasteiger partial charge in [-0.1, -0.05) is 37.4 Å². The van der Waals surface area contributed by atoms with Crippen molar-refractivity contribution in [2.75, 3.05) is 5.88 Å². The molecule has 1 N–H and O–H groups in total. The van der Waals surface area contributed by atoms with Gasteiger partial charge in [-0.3, -0.25) is 4.79 Å². The molecule has 0 aliphatic heterocycles. The first-order valence-corrected chi connectivity index (χ1v) is 8.02. The summed E-state index contributed by atoms with van der Waals surface area (Å²) >= 11 is 12.2. The largest absolute Gasteiger partial charge is 0.345 e. The molecule has 0 radical (unpaired) electrons. The van der Waals surface area contributed by atoms with Crippen molar-refractivity contribution in [3.63, 3.8) is 0 Å². The van der Waals surface area contributed by atoms with E-state index in [0.717, 1.165) is 24.8 Å². The Morgan fingerprint density at radius 1 is 1.50 bits per heavy atom. The molecule has 4 heteroatoms. The van der Waals surface area contributed by atoms with Gasteiger partial charge in [0.1, 0.15) is 0 Å². The van der Waals surface area contributed by atoms with Crippen LogP contribution in [0.2, 0.25) is 5.02 Å². The Kier molecular flexibility index (Phi) is 4.98. The summed E-state index contributed by atoms with van der Waals surface area (Å²) in [4.78, 5) is 12.5. The van der Waals surface area contributed by atoms with E-state index in [1.54, 1.807) is 12.1 Å². The molecule has 2 rings (SSSR count). The van der Waals surface area contributed by atoms with Gasteiger partial charge in [0.25, 0.3) is 5.91 Å². The molecule has 1 fully saturated rings. The number of benzene rings is 1. The maximum absolute atomic E-state index is 12.5. The lowest BCUT2D eigenvalue weighted by molar-refractivity contribution is 0.0866. The molecule has 0 heterocycles. The van der Waals surface area contributed by atoms with Crippen molar-refractivity contribution < 1.29 is 4.79 Å². The third kappa shape index (κ3) is 3.48. The number of carbonyl (C=O) groups is 1. The maximum atomic E-state index is 12.5. The number of hydrogen-bond donors (Lipinski definition) is 1. The Morgan fingerprint density at radius 2 is 2.25 bits per heavy atom. The molecular weight excluding hydrogens is 293 g/mol. The Balaban J connectivity index is 2.19. The fourth-order valence-electron chi connectivity index (χ4n) is 3.08. The van der Waals surface area contributed by atoms with Gasteiger partial charge in [0.15, 0.2) is 0 Å². The predicted octanol–water partition coefficient (Wildman–Crippen LogP) is 4.57.